The van der Waals surface area contributed by atoms with Crippen molar-refractivity contribution in [3.63, 3.8) is 0 Å². The highest BCUT2D eigenvalue weighted by Crippen LogP contribution is 2.31. The number of hydrogen-bond donors (Lipinski definition) is 1. The third-order valence-electron chi connectivity index (χ3n) is 4.62. The molecule has 0 aromatic rings. The van der Waals surface area contributed by atoms with Gasteiger partial charge >= 0.3 is 0 Å². The minimum absolute atomic E-state index is 0.192. The highest BCUT2D eigenvalue weighted by atomic mass is 16.5. The third-order valence-corrected chi connectivity index (χ3v) is 4.62. The Kier molecular flexibility index (Phi) is 5.68. The van der Waals surface area contributed by atoms with Crippen molar-refractivity contribution in [2.45, 2.75) is 90.4 Å². The van der Waals surface area contributed by atoms with Gasteiger partial charge in [-0.2, -0.15) is 0 Å². The first-order valence-corrected chi connectivity index (χ1v) is 8.55. The van der Waals surface area contributed by atoms with Crippen molar-refractivity contribution in [3.8, 4) is 0 Å². The van der Waals surface area contributed by atoms with Gasteiger partial charge in [-0.25, -0.2) is 0 Å². The highest BCUT2D eigenvalue weighted by Gasteiger charge is 2.24. The standard InChI is InChI=1S/C18H33NO/c1-14-10-11-17(20-14)12-16(13-19-18(2,3)4)15-8-6-5-7-9-15/h12,14-15,17,19H,5-11,13H2,1-4H3/b16-12-. The van der Waals surface area contributed by atoms with Gasteiger partial charge in [-0.1, -0.05) is 30.9 Å². The quantitative estimate of drug-likeness (QED) is 0.768. The fourth-order valence-electron chi connectivity index (χ4n) is 3.37. The summed E-state index contributed by atoms with van der Waals surface area (Å²) >= 11 is 0. The topological polar surface area (TPSA) is 21.3 Å². The van der Waals surface area contributed by atoms with Gasteiger partial charge in [0.15, 0.2) is 0 Å². The molecule has 0 spiro atoms. The molecule has 2 nitrogen and oxygen atoms in total. The lowest BCUT2D eigenvalue weighted by Gasteiger charge is -2.29. The average molecular weight is 279 g/mol. The fraction of sp³-hybridized carbons (Fsp3) is 0.889. The molecule has 1 N–H and O–H groups in total. The third kappa shape index (κ3) is 5.21. The van der Waals surface area contributed by atoms with E-state index in [2.05, 4.69) is 39.1 Å². The second kappa shape index (κ2) is 7.09. The highest BCUT2D eigenvalue weighted by molar-refractivity contribution is 5.13. The normalized spacial score (nSPS) is 29.9. The molecule has 1 saturated carbocycles. The molecule has 0 bridgehead atoms. The van der Waals surface area contributed by atoms with Crippen molar-refractivity contribution in [2.24, 2.45) is 5.92 Å². The largest absolute Gasteiger partial charge is 0.371 e. The zero-order chi connectivity index (χ0) is 14.6. The fourth-order valence-corrected chi connectivity index (χ4v) is 3.37. The Bertz CT molecular complexity index is 323. The minimum atomic E-state index is 0.192. The Morgan fingerprint density at radius 1 is 1.10 bits per heavy atom. The van der Waals surface area contributed by atoms with Crippen molar-refractivity contribution in [2.75, 3.05) is 6.54 Å². The summed E-state index contributed by atoms with van der Waals surface area (Å²) in [6.07, 6.45) is 12.7. The van der Waals surface area contributed by atoms with E-state index in [0.717, 1.165) is 12.5 Å². The van der Waals surface area contributed by atoms with Gasteiger partial charge in [0.1, 0.15) is 0 Å². The van der Waals surface area contributed by atoms with E-state index < -0.39 is 0 Å². The van der Waals surface area contributed by atoms with Crippen molar-refractivity contribution < 1.29 is 4.74 Å². The van der Waals surface area contributed by atoms with Crippen LogP contribution in [0.1, 0.15) is 72.6 Å². The molecule has 20 heavy (non-hydrogen) atoms. The summed E-state index contributed by atoms with van der Waals surface area (Å²) in [4.78, 5) is 0. The van der Waals surface area contributed by atoms with Crippen LogP contribution in [-0.4, -0.2) is 24.3 Å². The Morgan fingerprint density at radius 3 is 2.35 bits per heavy atom. The number of rotatable bonds is 4. The van der Waals surface area contributed by atoms with E-state index in [-0.39, 0.29) is 5.54 Å². The summed E-state index contributed by atoms with van der Waals surface area (Å²) in [6.45, 7) is 9.98. The minimum Gasteiger partial charge on any atom is -0.371 e. The van der Waals surface area contributed by atoms with Gasteiger partial charge < -0.3 is 10.1 Å². The van der Waals surface area contributed by atoms with Crippen LogP contribution >= 0.6 is 0 Å². The van der Waals surface area contributed by atoms with E-state index in [1.165, 1.54) is 44.9 Å². The lowest BCUT2D eigenvalue weighted by molar-refractivity contribution is 0.0823. The first-order chi connectivity index (χ1) is 9.44. The van der Waals surface area contributed by atoms with Crippen LogP contribution < -0.4 is 5.32 Å². The molecule has 2 fully saturated rings. The number of hydrogen-bond acceptors (Lipinski definition) is 2. The molecule has 1 saturated heterocycles. The molecule has 1 aliphatic carbocycles. The molecule has 2 rings (SSSR count). The number of ether oxygens (including phenoxy) is 1. The van der Waals surface area contributed by atoms with Gasteiger partial charge in [0, 0.05) is 12.1 Å². The molecule has 1 heterocycles. The molecule has 2 atom stereocenters. The molecule has 0 radical (unpaired) electrons. The van der Waals surface area contributed by atoms with Crippen LogP contribution in [0.25, 0.3) is 0 Å². The second-order valence-electron chi connectivity index (χ2n) is 7.74. The van der Waals surface area contributed by atoms with E-state index in [1.54, 1.807) is 5.57 Å². The maximum Gasteiger partial charge on any atom is 0.0763 e. The summed E-state index contributed by atoms with van der Waals surface area (Å²) < 4.78 is 6.01. The lowest BCUT2D eigenvalue weighted by Crippen LogP contribution is -2.38. The Labute approximate surface area is 125 Å². The van der Waals surface area contributed by atoms with Gasteiger partial charge in [-0.05, 0) is 59.3 Å². The summed E-state index contributed by atoms with van der Waals surface area (Å²) in [5, 5.41) is 3.68. The number of nitrogens with one attached hydrogen (secondary N) is 1. The predicted octanol–water partition coefficient (Wildman–Crippen LogP) is 4.45. The van der Waals surface area contributed by atoms with Crippen LogP contribution in [0.15, 0.2) is 11.6 Å². The van der Waals surface area contributed by atoms with E-state index in [4.69, 9.17) is 4.74 Å². The van der Waals surface area contributed by atoms with Gasteiger partial charge in [-0.15, -0.1) is 0 Å². The molecule has 0 aromatic heterocycles. The smallest absolute Gasteiger partial charge is 0.0763 e. The molecule has 1 aliphatic heterocycles. The van der Waals surface area contributed by atoms with Gasteiger partial charge in [0.2, 0.25) is 0 Å². The van der Waals surface area contributed by atoms with Crippen molar-refractivity contribution in [1.82, 2.24) is 5.32 Å². The Morgan fingerprint density at radius 2 is 1.80 bits per heavy atom. The first-order valence-electron chi connectivity index (χ1n) is 8.55. The zero-order valence-electron chi connectivity index (χ0n) is 13.9. The first kappa shape index (κ1) is 16.0. The van der Waals surface area contributed by atoms with Crippen LogP contribution in [0, 0.1) is 5.92 Å². The van der Waals surface area contributed by atoms with Crippen LogP contribution in [0.5, 0.6) is 0 Å². The molecule has 2 unspecified atom stereocenters. The molecular formula is C18H33NO. The molecule has 0 aromatic carbocycles. The lowest BCUT2D eigenvalue weighted by atomic mass is 9.82. The van der Waals surface area contributed by atoms with E-state index in [9.17, 15) is 0 Å². The Balaban J connectivity index is 2.00. The van der Waals surface area contributed by atoms with Crippen LogP contribution in [-0.2, 0) is 4.74 Å². The SMILES string of the molecule is CC1CCC(/C=C(/CNC(C)(C)C)C2CCCCC2)O1. The molecule has 2 heteroatoms. The maximum absolute atomic E-state index is 6.01. The zero-order valence-corrected chi connectivity index (χ0v) is 13.9. The average Bonchev–Trinajstić information content (AvgIpc) is 2.80. The van der Waals surface area contributed by atoms with Gasteiger partial charge in [0.25, 0.3) is 0 Å². The van der Waals surface area contributed by atoms with E-state index in [1.807, 2.05) is 0 Å². The van der Waals surface area contributed by atoms with E-state index >= 15 is 0 Å². The van der Waals surface area contributed by atoms with Gasteiger partial charge in [0.05, 0.1) is 12.2 Å². The summed E-state index contributed by atoms with van der Waals surface area (Å²) in [6, 6.07) is 0. The second-order valence-corrected chi connectivity index (χ2v) is 7.74. The predicted molar refractivity (Wildman–Crippen MR) is 86.0 cm³/mol. The molecular weight excluding hydrogens is 246 g/mol. The Hall–Kier alpha value is -0.340. The summed E-state index contributed by atoms with van der Waals surface area (Å²) in [5.41, 5.74) is 1.80. The van der Waals surface area contributed by atoms with Crippen molar-refractivity contribution in [1.29, 1.82) is 0 Å². The molecule has 0 amide bonds. The van der Waals surface area contributed by atoms with Crippen LogP contribution in [0.2, 0.25) is 0 Å². The van der Waals surface area contributed by atoms with Crippen molar-refractivity contribution >= 4 is 0 Å². The monoisotopic (exact) mass is 279 g/mol. The van der Waals surface area contributed by atoms with E-state index in [0.29, 0.717) is 12.2 Å². The summed E-state index contributed by atoms with van der Waals surface area (Å²) in [5.74, 6) is 0.790. The molecule has 116 valence electrons. The van der Waals surface area contributed by atoms with Crippen LogP contribution in [0.4, 0.5) is 0 Å². The molecule has 2 aliphatic rings. The van der Waals surface area contributed by atoms with Crippen LogP contribution in [0.3, 0.4) is 0 Å². The van der Waals surface area contributed by atoms with Crippen molar-refractivity contribution in [3.05, 3.63) is 11.6 Å². The maximum atomic E-state index is 6.01. The summed E-state index contributed by atoms with van der Waals surface area (Å²) in [7, 11) is 0. The van der Waals surface area contributed by atoms with Gasteiger partial charge in [-0.3, -0.25) is 0 Å².